The highest BCUT2D eigenvalue weighted by Gasteiger charge is 2.24. The average Bonchev–Trinajstić information content (AvgIpc) is 3.12. The Morgan fingerprint density at radius 2 is 2.22 bits per heavy atom. The predicted molar refractivity (Wildman–Crippen MR) is 102 cm³/mol. The van der Waals surface area contributed by atoms with Gasteiger partial charge in [-0.25, -0.2) is 4.79 Å². The van der Waals surface area contributed by atoms with Crippen molar-refractivity contribution in [2.24, 2.45) is 15.2 Å². The van der Waals surface area contributed by atoms with Gasteiger partial charge in [-0.3, -0.25) is 9.36 Å². The van der Waals surface area contributed by atoms with E-state index in [0.717, 1.165) is 17.8 Å². The summed E-state index contributed by atoms with van der Waals surface area (Å²) in [5, 5.41) is 19.1. The number of aromatic nitrogens is 1. The zero-order valence-electron chi connectivity index (χ0n) is 14.2. The Morgan fingerprint density at radius 1 is 1.44 bits per heavy atom. The zero-order valence-corrected chi connectivity index (χ0v) is 15.1. The highest BCUT2D eigenvalue weighted by atomic mass is 32.2. The number of esters is 1. The molecular weight excluding hydrogens is 368 g/mol. The summed E-state index contributed by atoms with van der Waals surface area (Å²) in [5.41, 5.74) is 0.932. The molecule has 1 aliphatic rings. The van der Waals surface area contributed by atoms with Gasteiger partial charge in [0.25, 0.3) is 5.91 Å². The minimum Gasteiger partial charge on any atom is -0.493 e. The van der Waals surface area contributed by atoms with Crippen molar-refractivity contribution in [3.05, 3.63) is 35.2 Å². The van der Waals surface area contributed by atoms with Crippen molar-refractivity contribution in [2.45, 2.75) is 13.5 Å². The topological polar surface area (TPSA) is 106 Å². The summed E-state index contributed by atoms with van der Waals surface area (Å²) < 4.78 is 6.30. The third-order valence-electron chi connectivity index (χ3n) is 3.55. The summed E-state index contributed by atoms with van der Waals surface area (Å²) in [7, 11) is 0. The van der Waals surface area contributed by atoms with Crippen molar-refractivity contribution in [1.82, 2.24) is 4.57 Å². The van der Waals surface area contributed by atoms with Crippen LogP contribution in [0, 0.1) is 12.3 Å². The number of carbonyl (C=O) groups is 2. The normalized spacial score (nSPS) is 15.5. The molecule has 3 rings (SSSR count). The lowest BCUT2D eigenvalue weighted by atomic mass is 10.2. The molecule has 0 spiro atoms. The van der Waals surface area contributed by atoms with Gasteiger partial charge in [-0.15, -0.1) is 16.7 Å². The first-order valence-corrected chi connectivity index (χ1v) is 8.71. The molecule has 27 heavy (non-hydrogen) atoms. The van der Waals surface area contributed by atoms with Crippen LogP contribution in [0.4, 0.5) is 5.69 Å². The summed E-state index contributed by atoms with van der Waals surface area (Å²) in [5.74, 6) is 1.12. The SMILES string of the molecule is C#CCn1c(O)c(N=NC2=NC(=O)/C(=C\C(=O)OCC)S2)c2ccccc21. The van der Waals surface area contributed by atoms with Crippen LogP contribution in [0.1, 0.15) is 6.92 Å². The summed E-state index contributed by atoms with van der Waals surface area (Å²) in [6.07, 6.45) is 6.42. The molecule has 1 aromatic carbocycles. The maximum atomic E-state index is 11.8. The van der Waals surface area contributed by atoms with E-state index in [9.17, 15) is 14.7 Å². The number of benzene rings is 1. The number of para-hydroxylation sites is 1. The van der Waals surface area contributed by atoms with Crippen LogP contribution in [-0.4, -0.2) is 33.3 Å². The first-order valence-electron chi connectivity index (χ1n) is 7.89. The second-order valence-electron chi connectivity index (χ2n) is 5.24. The highest BCUT2D eigenvalue weighted by Crippen LogP contribution is 2.39. The van der Waals surface area contributed by atoms with Crippen molar-refractivity contribution in [1.29, 1.82) is 0 Å². The van der Waals surface area contributed by atoms with Crippen molar-refractivity contribution >= 4 is 45.4 Å². The number of hydrogen-bond donors (Lipinski definition) is 1. The van der Waals surface area contributed by atoms with Crippen LogP contribution < -0.4 is 0 Å². The number of carbonyl (C=O) groups excluding carboxylic acids is 2. The van der Waals surface area contributed by atoms with Crippen LogP contribution in [0.5, 0.6) is 5.88 Å². The number of nitrogens with zero attached hydrogens (tertiary/aromatic N) is 4. The molecule has 2 aromatic rings. The molecule has 136 valence electrons. The van der Waals surface area contributed by atoms with Gasteiger partial charge >= 0.3 is 5.97 Å². The van der Waals surface area contributed by atoms with E-state index in [1.807, 2.05) is 6.07 Å². The lowest BCUT2D eigenvalue weighted by Crippen LogP contribution is -2.02. The number of ether oxygens (including phenoxy) is 1. The van der Waals surface area contributed by atoms with Gasteiger partial charge in [0.05, 0.1) is 23.6 Å². The van der Waals surface area contributed by atoms with Crippen molar-refractivity contribution in [3.8, 4) is 18.2 Å². The van der Waals surface area contributed by atoms with E-state index in [-0.39, 0.29) is 34.8 Å². The smallest absolute Gasteiger partial charge is 0.332 e. The molecule has 0 unspecified atom stereocenters. The van der Waals surface area contributed by atoms with Gasteiger partial charge in [-0.2, -0.15) is 4.99 Å². The van der Waals surface area contributed by atoms with Crippen LogP contribution in [0.3, 0.4) is 0 Å². The van der Waals surface area contributed by atoms with Crippen molar-refractivity contribution in [3.63, 3.8) is 0 Å². The number of rotatable bonds is 4. The molecule has 0 bridgehead atoms. The molecule has 0 fully saturated rings. The molecule has 0 radical (unpaired) electrons. The van der Waals surface area contributed by atoms with Crippen LogP contribution in [0.25, 0.3) is 10.9 Å². The third kappa shape index (κ3) is 3.75. The molecule has 9 heteroatoms. The van der Waals surface area contributed by atoms with E-state index in [1.165, 1.54) is 4.57 Å². The minimum absolute atomic E-state index is 0.0590. The second kappa shape index (κ2) is 7.88. The monoisotopic (exact) mass is 382 g/mol. The van der Waals surface area contributed by atoms with Gasteiger partial charge in [-0.05, 0) is 24.8 Å². The van der Waals surface area contributed by atoms with E-state index in [1.54, 1.807) is 25.1 Å². The molecular formula is C18H14N4O4S. The molecule has 0 saturated carbocycles. The molecule has 1 aromatic heterocycles. The van der Waals surface area contributed by atoms with Gasteiger partial charge in [0.2, 0.25) is 11.0 Å². The summed E-state index contributed by atoms with van der Waals surface area (Å²) >= 11 is 0.900. The Bertz CT molecular complexity index is 1060. The molecule has 1 amide bonds. The number of aliphatic imine (C=N–C) groups is 1. The van der Waals surface area contributed by atoms with Gasteiger partial charge in [0.15, 0.2) is 5.69 Å². The van der Waals surface area contributed by atoms with E-state index >= 15 is 0 Å². The van der Waals surface area contributed by atoms with Crippen LogP contribution in [-0.2, 0) is 20.9 Å². The number of terminal acetylenes is 1. The number of hydrogen-bond acceptors (Lipinski definition) is 7. The van der Waals surface area contributed by atoms with Crippen LogP contribution in [0.2, 0.25) is 0 Å². The van der Waals surface area contributed by atoms with Gasteiger partial charge < -0.3 is 9.84 Å². The lowest BCUT2D eigenvalue weighted by Gasteiger charge is -2.00. The van der Waals surface area contributed by atoms with Crippen molar-refractivity contribution in [2.75, 3.05) is 6.61 Å². The van der Waals surface area contributed by atoms with E-state index in [0.29, 0.717) is 10.9 Å². The maximum Gasteiger partial charge on any atom is 0.332 e. The van der Waals surface area contributed by atoms with E-state index < -0.39 is 11.9 Å². The number of azo groups is 1. The van der Waals surface area contributed by atoms with E-state index in [4.69, 9.17) is 11.2 Å². The fourth-order valence-corrected chi connectivity index (χ4v) is 3.14. The molecule has 0 atom stereocenters. The second-order valence-corrected chi connectivity index (χ2v) is 6.25. The summed E-state index contributed by atoms with van der Waals surface area (Å²) in [4.78, 5) is 27.1. The number of aromatic hydroxyl groups is 1. The minimum atomic E-state index is -0.628. The Hall–Kier alpha value is -3.38. The van der Waals surface area contributed by atoms with E-state index in [2.05, 4.69) is 21.1 Å². The van der Waals surface area contributed by atoms with Crippen LogP contribution in [0.15, 0.2) is 50.5 Å². The number of amidine groups is 1. The Balaban J connectivity index is 1.89. The van der Waals surface area contributed by atoms with Gasteiger partial charge in [0, 0.05) is 11.5 Å². The Labute approximate surface area is 158 Å². The van der Waals surface area contributed by atoms with Gasteiger partial charge in [-0.1, -0.05) is 24.1 Å². The lowest BCUT2D eigenvalue weighted by molar-refractivity contribution is -0.137. The standard InChI is InChI=1S/C18H14N4O4S/c1-3-9-22-12-8-6-5-7-11(12)15(17(22)25)20-21-18-19-16(24)13(27-18)10-14(23)26-4-2/h1,5-8,10,25H,4,9H2,2H3/b13-10+,21-20?. The molecule has 0 aliphatic carbocycles. The molecule has 2 heterocycles. The molecule has 1 N–H and O–H groups in total. The maximum absolute atomic E-state index is 11.8. The Kier molecular flexibility index (Phi) is 5.38. The third-order valence-corrected chi connectivity index (χ3v) is 4.42. The number of amides is 1. The Morgan fingerprint density at radius 3 is 2.96 bits per heavy atom. The average molecular weight is 382 g/mol. The van der Waals surface area contributed by atoms with Crippen LogP contribution >= 0.6 is 11.8 Å². The highest BCUT2D eigenvalue weighted by molar-refractivity contribution is 8.18. The number of thioether (sulfide) groups is 1. The predicted octanol–water partition coefficient (Wildman–Crippen LogP) is 3.14. The molecule has 0 saturated heterocycles. The molecule has 8 nitrogen and oxygen atoms in total. The first kappa shape index (κ1) is 18.4. The summed E-state index contributed by atoms with van der Waals surface area (Å²) in [6, 6.07) is 7.19. The largest absolute Gasteiger partial charge is 0.493 e. The fourth-order valence-electron chi connectivity index (χ4n) is 2.45. The van der Waals surface area contributed by atoms with Crippen molar-refractivity contribution < 1.29 is 19.4 Å². The quantitative estimate of drug-likeness (QED) is 0.378. The van der Waals surface area contributed by atoms with Gasteiger partial charge in [0.1, 0.15) is 0 Å². The zero-order chi connectivity index (χ0) is 19.4. The molecule has 1 aliphatic heterocycles. The number of fused-ring (bicyclic) bond motifs is 1. The summed E-state index contributed by atoms with van der Waals surface area (Å²) in [6.45, 7) is 2.04. The fraction of sp³-hybridized carbons (Fsp3) is 0.167. The first-order chi connectivity index (χ1) is 13.0.